The summed E-state index contributed by atoms with van der Waals surface area (Å²) in [5.74, 6) is 1.69. The lowest BCUT2D eigenvalue weighted by molar-refractivity contribution is 0.0322. The van der Waals surface area contributed by atoms with Crippen LogP contribution in [-0.2, 0) is 17.8 Å². The van der Waals surface area contributed by atoms with Crippen molar-refractivity contribution in [1.29, 1.82) is 0 Å². The number of para-hydroxylation sites is 1. The molecule has 0 atom stereocenters. The summed E-state index contributed by atoms with van der Waals surface area (Å²) in [5, 5.41) is 6.74. The van der Waals surface area contributed by atoms with Crippen LogP contribution < -0.4 is 15.4 Å². The van der Waals surface area contributed by atoms with Gasteiger partial charge in [-0.05, 0) is 18.6 Å². The number of hydrogen-bond acceptors (Lipinski definition) is 4. The molecule has 1 aliphatic rings. The largest absolute Gasteiger partial charge is 0.492 e. The van der Waals surface area contributed by atoms with E-state index in [1.54, 1.807) is 7.05 Å². The Bertz CT molecular complexity index is 777. The Hall–Kier alpha value is -1.84. The zero-order valence-corrected chi connectivity index (χ0v) is 20.2. The summed E-state index contributed by atoms with van der Waals surface area (Å²) >= 11 is 0. The van der Waals surface area contributed by atoms with E-state index >= 15 is 0 Å². The molecule has 0 unspecified atom stereocenters. The topological polar surface area (TPSA) is 58.1 Å². The van der Waals surface area contributed by atoms with E-state index in [0.717, 1.165) is 56.7 Å². The van der Waals surface area contributed by atoms with E-state index in [9.17, 15) is 0 Å². The second-order valence-corrected chi connectivity index (χ2v) is 7.18. The van der Waals surface area contributed by atoms with Crippen LogP contribution >= 0.6 is 24.0 Å². The van der Waals surface area contributed by atoms with Crippen molar-refractivity contribution < 1.29 is 9.47 Å². The zero-order chi connectivity index (χ0) is 20.3. The van der Waals surface area contributed by atoms with E-state index in [1.165, 1.54) is 11.1 Å². The fraction of sp³-hybridized carbons (Fsp3) is 0.435. The van der Waals surface area contributed by atoms with Crippen molar-refractivity contribution in [3.63, 3.8) is 0 Å². The lowest BCUT2D eigenvalue weighted by atomic mass is 10.1. The number of halogens is 1. The standard InChI is InChI=1S/C23H32N4O2.HI/c1-19-7-9-20(10-8-19)17-25-23(24-2)26-18-21-5-3-4-6-22(21)29-16-13-27-11-14-28-15-12-27;/h3-10H,11-18H2,1-2H3,(H2,24,25,26);1H. The van der Waals surface area contributed by atoms with Crippen molar-refractivity contribution in [2.45, 2.75) is 20.0 Å². The molecule has 1 heterocycles. The van der Waals surface area contributed by atoms with Gasteiger partial charge in [0.25, 0.3) is 0 Å². The molecular formula is C23H33IN4O2. The van der Waals surface area contributed by atoms with Crippen LogP contribution in [0.25, 0.3) is 0 Å². The van der Waals surface area contributed by atoms with Crippen LogP contribution in [0.4, 0.5) is 0 Å². The van der Waals surface area contributed by atoms with Crippen LogP contribution in [0.3, 0.4) is 0 Å². The van der Waals surface area contributed by atoms with Gasteiger partial charge in [-0.3, -0.25) is 9.89 Å². The highest BCUT2D eigenvalue weighted by atomic mass is 127. The van der Waals surface area contributed by atoms with Crippen molar-refractivity contribution in [3.05, 3.63) is 65.2 Å². The van der Waals surface area contributed by atoms with Crippen molar-refractivity contribution in [3.8, 4) is 5.75 Å². The molecule has 1 saturated heterocycles. The van der Waals surface area contributed by atoms with E-state index in [-0.39, 0.29) is 24.0 Å². The maximum absolute atomic E-state index is 6.06. The number of guanidine groups is 1. The molecule has 2 N–H and O–H groups in total. The minimum Gasteiger partial charge on any atom is -0.492 e. The average Bonchev–Trinajstić information content (AvgIpc) is 2.77. The highest BCUT2D eigenvalue weighted by Gasteiger charge is 2.10. The number of hydrogen-bond donors (Lipinski definition) is 2. The number of nitrogens with zero attached hydrogens (tertiary/aromatic N) is 2. The van der Waals surface area contributed by atoms with Gasteiger partial charge >= 0.3 is 0 Å². The maximum atomic E-state index is 6.06. The van der Waals surface area contributed by atoms with Gasteiger partial charge in [0.1, 0.15) is 12.4 Å². The molecule has 0 saturated carbocycles. The number of nitrogens with one attached hydrogen (secondary N) is 2. The third kappa shape index (κ3) is 8.12. The lowest BCUT2D eigenvalue weighted by Gasteiger charge is -2.26. The fourth-order valence-corrected chi connectivity index (χ4v) is 3.19. The van der Waals surface area contributed by atoms with Gasteiger partial charge in [0.05, 0.1) is 13.2 Å². The summed E-state index contributed by atoms with van der Waals surface area (Å²) in [7, 11) is 1.79. The van der Waals surface area contributed by atoms with Crippen LogP contribution in [0.5, 0.6) is 5.75 Å². The molecule has 30 heavy (non-hydrogen) atoms. The molecule has 164 valence electrons. The summed E-state index contributed by atoms with van der Waals surface area (Å²) in [6, 6.07) is 16.7. The number of aryl methyl sites for hydroxylation is 1. The molecule has 1 aliphatic heterocycles. The Morgan fingerprint density at radius 1 is 1.03 bits per heavy atom. The Morgan fingerprint density at radius 3 is 2.47 bits per heavy atom. The molecule has 0 spiro atoms. The summed E-state index contributed by atoms with van der Waals surface area (Å²) < 4.78 is 11.5. The first-order chi connectivity index (χ1) is 14.2. The fourth-order valence-electron chi connectivity index (χ4n) is 3.19. The van der Waals surface area contributed by atoms with Gasteiger partial charge in [-0.15, -0.1) is 24.0 Å². The molecule has 0 amide bonds. The minimum absolute atomic E-state index is 0. The summed E-state index contributed by atoms with van der Waals surface area (Å²) in [6.45, 7) is 8.68. The molecule has 3 rings (SSSR count). The average molecular weight is 524 g/mol. The van der Waals surface area contributed by atoms with Crippen molar-refractivity contribution in [1.82, 2.24) is 15.5 Å². The van der Waals surface area contributed by atoms with Gasteiger partial charge in [-0.2, -0.15) is 0 Å². The second kappa shape index (κ2) is 13.5. The minimum atomic E-state index is 0. The first kappa shape index (κ1) is 24.4. The highest BCUT2D eigenvalue weighted by molar-refractivity contribution is 14.0. The molecule has 1 fully saturated rings. The third-order valence-electron chi connectivity index (χ3n) is 4.99. The smallest absolute Gasteiger partial charge is 0.191 e. The normalized spacial score (nSPS) is 14.7. The number of aliphatic imine (C=N–C) groups is 1. The Labute approximate surface area is 197 Å². The SMILES string of the molecule is CN=C(NCc1ccc(C)cc1)NCc1ccccc1OCCN1CCOCC1.I. The molecule has 0 aliphatic carbocycles. The second-order valence-electron chi connectivity index (χ2n) is 7.18. The number of rotatable bonds is 8. The Kier molecular flexibility index (Phi) is 11.0. The van der Waals surface area contributed by atoms with Crippen molar-refractivity contribution >= 4 is 29.9 Å². The molecule has 0 radical (unpaired) electrons. The van der Waals surface area contributed by atoms with Gasteiger partial charge in [0, 0.05) is 45.3 Å². The van der Waals surface area contributed by atoms with E-state index in [4.69, 9.17) is 9.47 Å². The predicted molar refractivity (Wildman–Crippen MR) is 133 cm³/mol. The molecule has 7 heteroatoms. The third-order valence-corrected chi connectivity index (χ3v) is 4.99. The van der Waals surface area contributed by atoms with Gasteiger partial charge < -0.3 is 20.1 Å². The summed E-state index contributed by atoms with van der Waals surface area (Å²) in [4.78, 5) is 6.70. The highest BCUT2D eigenvalue weighted by Crippen LogP contribution is 2.17. The van der Waals surface area contributed by atoms with Crippen LogP contribution in [0, 0.1) is 6.92 Å². The van der Waals surface area contributed by atoms with Crippen LogP contribution in [0.1, 0.15) is 16.7 Å². The van der Waals surface area contributed by atoms with E-state index < -0.39 is 0 Å². The zero-order valence-electron chi connectivity index (χ0n) is 17.9. The number of benzene rings is 2. The van der Waals surface area contributed by atoms with Gasteiger partial charge in [-0.25, -0.2) is 0 Å². The van der Waals surface area contributed by atoms with Crippen LogP contribution in [-0.4, -0.2) is 57.4 Å². The Morgan fingerprint density at radius 2 is 1.73 bits per heavy atom. The maximum Gasteiger partial charge on any atom is 0.191 e. The van der Waals surface area contributed by atoms with Crippen LogP contribution in [0.2, 0.25) is 0 Å². The quantitative estimate of drug-likeness (QED) is 0.316. The summed E-state index contributed by atoms with van der Waals surface area (Å²) in [6.07, 6.45) is 0. The molecule has 0 aromatic heterocycles. The molecular weight excluding hydrogens is 491 g/mol. The first-order valence-electron chi connectivity index (χ1n) is 10.3. The Balaban J connectivity index is 0.00000320. The predicted octanol–water partition coefficient (Wildman–Crippen LogP) is 3.19. The lowest BCUT2D eigenvalue weighted by Crippen LogP contribution is -2.38. The van der Waals surface area contributed by atoms with Gasteiger partial charge in [0.15, 0.2) is 5.96 Å². The number of morpholine rings is 1. The van der Waals surface area contributed by atoms with E-state index in [0.29, 0.717) is 13.2 Å². The summed E-state index contributed by atoms with van der Waals surface area (Å²) in [5.41, 5.74) is 3.61. The molecule has 0 bridgehead atoms. The van der Waals surface area contributed by atoms with Crippen molar-refractivity contribution in [2.24, 2.45) is 4.99 Å². The molecule has 2 aromatic rings. The van der Waals surface area contributed by atoms with E-state index in [1.807, 2.05) is 18.2 Å². The monoisotopic (exact) mass is 524 g/mol. The van der Waals surface area contributed by atoms with Crippen LogP contribution in [0.15, 0.2) is 53.5 Å². The van der Waals surface area contributed by atoms with E-state index in [2.05, 4.69) is 57.8 Å². The van der Waals surface area contributed by atoms with Gasteiger partial charge in [-0.1, -0.05) is 48.0 Å². The first-order valence-corrected chi connectivity index (χ1v) is 10.3. The molecule has 2 aromatic carbocycles. The molecule has 6 nitrogen and oxygen atoms in total. The number of ether oxygens (including phenoxy) is 2. The van der Waals surface area contributed by atoms with Crippen molar-refractivity contribution in [2.75, 3.05) is 46.5 Å². The van der Waals surface area contributed by atoms with Gasteiger partial charge in [0.2, 0.25) is 0 Å².